The van der Waals surface area contributed by atoms with Crippen molar-refractivity contribution in [3.8, 4) is 0 Å². The van der Waals surface area contributed by atoms with Crippen LogP contribution < -0.4 is 10.6 Å². The van der Waals surface area contributed by atoms with E-state index in [-0.39, 0.29) is 19.0 Å². The van der Waals surface area contributed by atoms with E-state index < -0.39 is 23.9 Å². The van der Waals surface area contributed by atoms with Gasteiger partial charge in [0.05, 0.1) is 5.69 Å². The minimum absolute atomic E-state index is 0.156. The Balaban J connectivity index is 1.55. The van der Waals surface area contributed by atoms with E-state index >= 15 is 0 Å². The van der Waals surface area contributed by atoms with E-state index in [4.69, 9.17) is 0 Å². The number of aryl methyl sites for hydroxylation is 1. The Morgan fingerprint density at radius 3 is 2.71 bits per heavy atom. The molecule has 1 aliphatic heterocycles. The van der Waals surface area contributed by atoms with Crippen molar-refractivity contribution >= 4 is 17.8 Å². The zero-order valence-corrected chi connectivity index (χ0v) is 16.2. The highest BCUT2D eigenvalue weighted by Crippen LogP contribution is 2.12. The van der Waals surface area contributed by atoms with E-state index in [9.17, 15) is 14.4 Å². The van der Waals surface area contributed by atoms with Gasteiger partial charge in [-0.1, -0.05) is 29.5 Å². The summed E-state index contributed by atoms with van der Waals surface area (Å²) >= 11 is 0. The number of rotatable bonds is 7. The second-order valence-electron chi connectivity index (χ2n) is 7.12. The van der Waals surface area contributed by atoms with Crippen LogP contribution in [0.1, 0.15) is 36.7 Å². The Labute approximate surface area is 163 Å². The van der Waals surface area contributed by atoms with E-state index in [0.29, 0.717) is 12.2 Å². The molecule has 1 saturated heterocycles. The molecular weight excluding hydrogens is 360 g/mol. The number of amides is 4. The van der Waals surface area contributed by atoms with Crippen LogP contribution in [0.15, 0.2) is 30.5 Å². The molecule has 1 aliphatic rings. The summed E-state index contributed by atoms with van der Waals surface area (Å²) in [6.45, 7) is 5.93. The summed E-state index contributed by atoms with van der Waals surface area (Å²) in [6, 6.07) is 6.54. The summed E-state index contributed by atoms with van der Waals surface area (Å²) in [5.41, 5.74) is 2.66. The highest BCUT2D eigenvalue weighted by molar-refractivity contribution is 6.06. The molecule has 0 radical (unpaired) electrons. The highest BCUT2D eigenvalue weighted by Gasteiger charge is 2.39. The molecule has 2 aromatic rings. The molecule has 148 valence electrons. The number of nitrogens with one attached hydrogen (secondary N) is 2. The van der Waals surface area contributed by atoms with E-state index in [1.54, 1.807) is 10.9 Å². The first-order valence-corrected chi connectivity index (χ1v) is 9.19. The number of benzene rings is 1. The molecule has 1 aromatic heterocycles. The quantitative estimate of drug-likeness (QED) is 0.691. The van der Waals surface area contributed by atoms with E-state index in [1.165, 1.54) is 0 Å². The molecular formula is C19H24N6O3. The molecule has 0 spiro atoms. The average molecular weight is 384 g/mol. The maximum Gasteiger partial charge on any atom is 0.325 e. The normalized spacial score (nSPS) is 16.6. The fourth-order valence-corrected chi connectivity index (χ4v) is 2.94. The second kappa shape index (κ2) is 8.20. The van der Waals surface area contributed by atoms with Gasteiger partial charge in [0, 0.05) is 25.2 Å². The average Bonchev–Trinajstić information content (AvgIpc) is 3.22. The van der Waals surface area contributed by atoms with Gasteiger partial charge in [-0.2, -0.15) is 0 Å². The largest absolute Gasteiger partial charge is 0.350 e. The molecule has 1 aromatic carbocycles. The Hall–Kier alpha value is -3.23. The number of hydrogen-bond acceptors (Lipinski definition) is 5. The fraction of sp³-hybridized carbons (Fsp3) is 0.421. The van der Waals surface area contributed by atoms with Gasteiger partial charge in [-0.15, -0.1) is 5.10 Å². The number of aromatic nitrogens is 3. The lowest BCUT2D eigenvalue weighted by Crippen LogP contribution is -2.41. The van der Waals surface area contributed by atoms with Gasteiger partial charge in [0.25, 0.3) is 5.91 Å². The van der Waals surface area contributed by atoms with Crippen LogP contribution in [-0.2, 0) is 22.6 Å². The van der Waals surface area contributed by atoms with Gasteiger partial charge in [-0.25, -0.2) is 9.48 Å². The summed E-state index contributed by atoms with van der Waals surface area (Å²) < 4.78 is 1.69. The molecule has 28 heavy (non-hydrogen) atoms. The third kappa shape index (κ3) is 4.36. The standard InChI is InChI=1S/C19H24N6O3/c1-12(2)25-10-15(22-23-25)8-16-18(27)24(19(28)21-16)11-17(26)20-9-14-7-5-4-6-13(14)3/h4-7,10,12,16H,8-9,11H2,1-3H3,(H,20,26)(H,21,28)/t16-/m1/s1. The number of urea groups is 1. The highest BCUT2D eigenvalue weighted by atomic mass is 16.2. The molecule has 2 N–H and O–H groups in total. The van der Waals surface area contributed by atoms with Crippen molar-refractivity contribution in [2.24, 2.45) is 0 Å². The van der Waals surface area contributed by atoms with E-state index in [0.717, 1.165) is 16.0 Å². The van der Waals surface area contributed by atoms with Crippen molar-refractivity contribution in [3.05, 3.63) is 47.3 Å². The molecule has 0 unspecified atom stereocenters. The molecule has 0 bridgehead atoms. The number of carbonyl (C=O) groups excluding carboxylic acids is 3. The smallest absolute Gasteiger partial charge is 0.325 e. The fourth-order valence-electron chi connectivity index (χ4n) is 2.94. The molecule has 4 amide bonds. The minimum Gasteiger partial charge on any atom is -0.350 e. The van der Waals surface area contributed by atoms with Crippen molar-refractivity contribution in [1.29, 1.82) is 0 Å². The summed E-state index contributed by atoms with van der Waals surface area (Å²) in [6.07, 6.45) is 1.99. The second-order valence-corrected chi connectivity index (χ2v) is 7.12. The monoisotopic (exact) mass is 384 g/mol. The third-order valence-electron chi connectivity index (χ3n) is 4.65. The van der Waals surface area contributed by atoms with Crippen molar-refractivity contribution in [1.82, 2.24) is 30.5 Å². The van der Waals surface area contributed by atoms with Crippen molar-refractivity contribution in [3.63, 3.8) is 0 Å². The molecule has 1 atom stereocenters. The summed E-state index contributed by atoms with van der Waals surface area (Å²) in [7, 11) is 0. The molecule has 0 saturated carbocycles. The number of hydrogen-bond donors (Lipinski definition) is 2. The lowest BCUT2D eigenvalue weighted by atomic mass is 10.1. The van der Waals surface area contributed by atoms with Gasteiger partial charge in [0.2, 0.25) is 5.91 Å². The molecule has 0 aliphatic carbocycles. The summed E-state index contributed by atoms with van der Waals surface area (Å²) in [5.74, 6) is -0.826. The van der Waals surface area contributed by atoms with Gasteiger partial charge in [-0.05, 0) is 31.9 Å². The lowest BCUT2D eigenvalue weighted by molar-refractivity contribution is -0.132. The van der Waals surface area contributed by atoms with Crippen LogP contribution in [0.25, 0.3) is 0 Å². The van der Waals surface area contributed by atoms with Crippen molar-refractivity contribution in [2.45, 2.75) is 45.8 Å². The topological polar surface area (TPSA) is 109 Å². The first kappa shape index (κ1) is 19.5. The zero-order chi connectivity index (χ0) is 20.3. The maximum absolute atomic E-state index is 12.5. The van der Waals surface area contributed by atoms with Crippen LogP contribution in [0.2, 0.25) is 0 Å². The first-order valence-electron chi connectivity index (χ1n) is 9.19. The van der Waals surface area contributed by atoms with Gasteiger partial charge in [0.15, 0.2) is 0 Å². The Bertz CT molecular complexity index is 891. The molecule has 9 nitrogen and oxygen atoms in total. The zero-order valence-electron chi connectivity index (χ0n) is 16.2. The third-order valence-corrected chi connectivity index (χ3v) is 4.65. The molecule has 2 heterocycles. The maximum atomic E-state index is 12.5. The Morgan fingerprint density at radius 1 is 1.29 bits per heavy atom. The van der Waals surface area contributed by atoms with Crippen LogP contribution in [0, 0.1) is 6.92 Å². The lowest BCUT2D eigenvalue weighted by Gasteiger charge is -2.13. The number of imide groups is 1. The molecule has 1 fully saturated rings. The van der Waals surface area contributed by atoms with E-state index in [2.05, 4.69) is 20.9 Å². The number of carbonyl (C=O) groups is 3. The van der Waals surface area contributed by atoms with Gasteiger partial charge in [0.1, 0.15) is 12.6 Å². The predicted octanol–water partition coefficient (Wildman–Crippen LogP) is 0.947. The van der Waals surface area contributed by atoms with Crippen molar-refractivity contribution in [2.75, 3.05) is 6.54 Å². The van der Waals surface area contributed by atoms with Gasteiger partial charge >= 0.3 is 6.03 Å². The SMILES string of the molecule is Cc1ccccc1CNC(=O)CN1C(=O)N[C@H](Cc2cn(C(C)C)nn2)C1=O. The van der Waals surface area contributed by atoms with E-state index in [1.807, 2.05) is 45.0 Å². The minimum atomic E-state index is -0.742. The first-order chi connectivity index (χ1) is 13.3. The molecule has 9 heteroatoms. The number of nitrogens with zero attached hydrogens (tertiary/aromatic N) is 4. The summed E-state index contributed by atoms with van der Waals surface area (Å²) in [4.78, 5) is 37.8. The predicted molar refractivity (Wildman–Crippen MR) is 101 cm³/mol. The Kier molecular flexibility index (Phi) is 5.72. The van der Waals surface area contributed by atoms with Crippen LogP contribution >= 0.6 is 0 Å². The van der Waals surface area contributed by atoms with Crippen LogP contribution in [0.4, 0.5) is 4.79 Å². The van der Waals surface area contributed by atoms with Gasteiger partial charge in [-0.3, -0.25) is 14.5 Å². The Morgan fingerprint density at radius 2 is 2.04 bits per heavy atom. The summed E-state index contributed by atoms with van der Waals surface area (Å²) in [5, 5.41) is 13.4. The van der Waals surface area contributed by atoms with Gasteiger partial charge < -0.3 is 10.6 Å². The van der Waals surface area contributed by atoms with Crippen LogP contribution in [-0.4, -0.2) is 50.3 Å². The van der Waals surface area contributed by atoms with Crippen LogP contribution in [0.3, 0.4) is 0 Å². The molecule has 3 rings (SSSR count). The van der Waals surface area contributed by atoms with Crippen molar-refractivity contribution < 1.29 is 14.4 Å². The van der Waals surface area contributed by atoms with Crippen LogP contribution in [0.5, 0.6) is 0 Å².